The maximum Gasteiger partial charge on any atom is 0.120 e. The Morgan fingerprint density at radius 3 is 2.67 bits per heavy atom. The van der Waals surface area contributed by atoms with Crippen LogP contribution in [0.4, 0.5) is 5.69 Å². The number of hydrogen-bond donors (Lipinski definition) is 1. The number of anilines is 1. The standard InChI is InChI=1S/C16H25NO/c1-3-5-13-8-10-14(11-9-13)17-15-6-4-7-16(12-15)18-2/h4,6-7,12-14,17H,3,5,8-11H2,1-2H3. The van der Waals surface area contributed by atoms with Gasteiger partial charge in [-0.3, -0.25) is 0 Å². The van der Waals surface area contributed by atoms with E-state index >= 15 is 0 Å². The highest BCUT2D eigenvalue weighted by atomic mass is 16.5. The lowest BCUT2D eigenvalue weighted by atomic mass is 9.83. The van der Waals surface area contributed by atoms with Gasteiger partial charge in [-0.15, -0.1) is 0 Å². The molecule has 0 bridgehead atoms. The van der Waals surface area contributed by atoms with E-state index in [-0.39, 0.29) is 0 Å². The molecular formula is C16H25NO. The molecule has 1 aromatic rings. The highest BCUT2D eigenvalue weighted by molar-refractivity contribution is 5.48. The number of nitrogens with one attached hydrogen (secondary N) is 1. The molecule has 2 nitrogen and oxygen atoms in total. The average molecular weight is 247 g/mol. The van der Waals surface area contributed by atoms with E-state index in [4.69, 9.17) is 4.74 Å². The van der Waals surface area contributed by atoms with Crippen molar-refractivity contribution >= 4 is 5.69 Å². The summed E-state index contributed by atoms with van der Waals surface area (Å²) in [6.45, 7) is 2.29. The van der Waals surface area contributed by atoms with Crippen molar-refractivity contribution in [3.05, 3.63) is 24.3 Å². The second-order valence-corrected chi connectivity index (χ2v) is 5.38. The Morgan fingerprint density at radius 1 is 1.22 bits per heavy atom. The summed E-state index contributed by atoms with van der Waals surface area (Å²) in [6, 6.07) is 8.89. The molecule has 18 heavy (non-hydrogen) atoms. The normalized spacial score (nSPS) is 23.7. The van der Waals surface area contributed by atoms with Crippen LogP contribution in [0.15, 0.2) is 24.3 Å². The van der Waals surface area contributed by atoms with Crippen LogP contribution in [-0.2, 0) is 0 Å². The van der Waals surface area contributed by atoms with E-state index in [0.29, 0.717) is 6.04 Å². The Morgan fingerprint density at radius 2 is 2.00 bits per heavy atom. The zero-order valence-electron chi connectivity index (χ0n) is 11.6. The minimum atomic E-state index is 0.644. The Labute approximate surface area is 111 Å². The minimum absolute atomic E-state index is 0.644. The number of methoxy groups -OCH3 is 1. The second kappa shape index (κ2) is 6.67. The van der Waals surface area contributed by atoms with E-state index in [1.54, 1.807) is 7.11 Å². The number of rotatable bonds is 5. The van der Waals surface area contributed by atoms with E-state index in [9.17, 15) is 0 Å². The van der Waals surface area contributed by atoms with Gasteiger partial charge >= 0.3 is 0 Å². The van der Waals surface area contributed by atoms with Crippen LogP contribution in [0.3, 0.4) is 0 Å². The van der Waals surface area contributed by atoms with Crippen molar-refractivity contribution in [2.75, 3.05) is 12.4 Å². The predicted octanol–water partition coefficient (Wildman–Crippen LogP) is 4.47. The number of ether oxygens (including phenoxy) is 1. The highest BCUT2D eigenvalue weighted by Crippen LogP contribution is 2.30. The van der Waals surface area contributed by atoms with Gasteiger partial charge < -0.3 is 10.1 Å². The van der Waals surface area contributed by atoms with Crippen molar-refractivity contribution in [2.24, 2.45) is 5.92 Å². The fourth-order valence-electron chi connectivity index (χ4n) is 2.95. The summed E-state index contributed by atoms with van der Waals surface area (Å²) in [5.41, 5.74) is 1.19. The lowest BCUT2D eigenvalue weighted by Crippen LogP contribution is -2.26. The first-order chi connectivity index (χ1) is 8.81. The topological polar surface area (TPSA) is 21.3 Å². The zero-order chi connectivity index (χ0) is 12.8. The molecule has 1 fully saturated rings. The molecule has 1 aliphatic rings. The molecule has 100 valence electrons. The molecule has 0 heterocycles. The van der Waals surface area contributed by atoms with Gasteiger partial charge in [0, 0.05) is 17.8 Å². The van der Waals surface area contributed by atoms with Crippen LogP contribution < -0.4 is 10.1 Å². The molecule has 1 aromatic carbocycles. The molecule has 0 spiro atoms. The monoisotopic (exact) mass is 247 g/mol. The van der Waals surface area contributed by atoms with Crippen molar-refractivity contribution in [1.82, 2.24) is 0 Å². The molecule has 0 radical (unpaired) electrons. The lowest BCUT2D eigenvalue weighted by molar-refractivity contribution is 0.319. The van der Waals surface area contributed by atoms with Crippen LogP contribution in [0.5, 0.6) is 5.75 Å². The first kappa shape index (κ1) is 13.3. The SMILES string of the molecule is CCCC1CCC(Nc2cccc(OC)c2)CC1. The summed E-state index contributed by atoms with van der Waals surface area (Å²) < 4.78 is 5.25. The molecule has 1 N–H and O–H groups in total. The molecule has 2 heteroatoms. The first-order valence-electron chi connectivity index (χ1n) is 7.22. The van der Waals surface area contributed by atoms with E-state index in [0.717, 1.165) is 11.7 Å². The maximum atomic E-state index is 5.25. The Balaban J connectivity index is 1.83. The fourth-order valence-corrected chi connectivity index (χ4v) is 2.95. The van der Waals surface area contributed by atoms with Crippen molar-refractivity contribution in [2.45, 2.75) is 51.5 Å². The number of hydrogen-bond acceptors (Lipinski definition) is 2. The van der Waals surface area contributed by atoms with Crippen molar-refractivity contribution in [3.63, 3.8) is 0 Å². The van der Waals surface area contributed by atoms with Gasteiger partial charge in [0.05, 0.1) is 7.11 Å². The van der Waals surface area contributed by atoms with Crippen molar-refractivity contribution in [3.8, 4) is 5.75 Å². The molecule has 0 amide bonds. The highest BCUT2D eigenvalue weighted by Gasteiger charge is 2.20. The third-order valence-corrected chi connectivity index (χ3v) is 3.98. The molecule has 0 atom stereocenters. The minimum Gasteiger partial charge on any atom is -0.497 e. The predicted molar refractivity (Wildman–Crippen MR) is 77.3 cm³/mol. The van der Waals surface area contributed by atoms with Gasteiger partial charge in [0.2, 0.25) is 0 Å². The van der Waals surface area contributed by atoms with Gasteiger partial charge in [0.25, 0.3) is 0 Å². The molecule has 1 aliphatic carbocycles. The third kappa shape index (κ3) is 3.66. The molecule has 2 rings (SSSR count). The smallest absolute Gasteiger partial charge is 0.120 e. The lowest BCUT2D eigenvalue weighted by Gasteiger charge is -2.29. The Bertz CT molecular complexity index is 356. The van der Waals surface area contributed by atoms with Crippen LogP contribution >= 0.6 is 0 Å². The summed E-state index contributed by atoms with van der Waals surface area (Å²) in [5.74, 6) is 1.90. The van der Waals surface area contributed by atoms with Gasteiger partial charge in [-0.1, -0.05) is 25.8 Å². The summed E-state index contributed by atoms with van der Waals surface area (Å²) >= 11 is 0. The van der Waals surface area contributed by atoms with Crippen molar-refractivity contribution < 1.29 is 4.74 Å². The Hall–Kier alpha value is -1.18. The summed E-state index contributed by atoms with van der Waals surface area (Å²) in [7, 11) is 1.72. The molecule has 0 unspecified atom stereocenters. The van der Waals surface area contributed by atoms with Gasteiger partial charge in [-0.25, -0.2) is 0 Å². The molecule has 0 saturated heterocycles. The average Bonchev–Trinajstić information content (AvgIpc) is 2.42. The molecule has 0 aromatic heterocycles. The summed E-state index contributed by atoms with van der Waals surface area (Å²) in [6.07, 6.45) is 8.12. The summed E-state index contributed by atoms with van der Waals surface area (Å²) in [5, 5.41) is 3.64. The third-order valence-electron chi connectivity index (χ3n) is 3.98. The number of benzene rings is 1. The zero-order valence-corrected chi connectivity index (χ0v) is 11.6. The quantitative estimate of drug-likeness (QED) is 0.829. The van der Waals surface area contributed by atoms with Gasteiger partial charge in [0.15, 0.2) is 0 Å². The molecular weight excluding hydrogens is 222 g/mol. The van der Waals surface area contributed by atoms with Gasteiger partial charge in [-0.2, -0.15) is 0 Å². The van der Waals surface area contributed by atoms with Crippen LogP contribution in [0, 0.1) is 5.92 Å². The van der Waals surface area contributed by atoms with Crippen LogP contribution in [0.1, 0.15) is 45.4 Å². The second-order valence-electron chi connectivity index (χ2n) is 5.38. The van der Waals surface area contributed by atoms with E-state index in [2.05, 4.69) is 24.4 Å². The van der Waals surface area contributed by atoms with Crippen LogP contribution in [0.25, 0.3) is 0 Å². The van der Waals surface area contributed by atoms with Crippen LogP contribution in [-0.4, -0.2) is 13.2 Å². The van der Waals surface area contributed by atoms with E-state index in [1.165, 1.54) is 44.2 Å². The summed E-state index contributed by atoms with van der Waals surface area (Å²) in [4.78, 5) is 0. The van der Waals surface area contributed by atoms with Crippen LogP contribution in [0.2, 0.25) is 0 Å². The molecule has 0 aliphatic heterocycles. The largest absolute Gasteiger partial charge is 0.497 e. The Kier molecular flexibility index (Phi) is 4.91. The van der Waals surface area contributed by atoms with E-state index in [1.807, 2.05) is 12.1 Å². The van der Waals surface area contributed by atoms with E-state index < -0.39 is 0 Å². The van der Waals surface area contributed by atoms with Gasteiger partial charge in [0.1, 0.15) is 5.75 Å². The first-order valence-corrected chi connectivity index (χ1v) is 7.22. The molecule has 1 saturated carbocycles. The van der Waals surface area contributed by atoms with Gasteiger partial charge in [-0.05, 0) is 43.7 Å². The van der Waals surface area contributed by atoms with Crippen molar-refractivity contribution in [1.29, 1.82) is 0 Å². The fraction of sp³-hybridized carbons (Fsp3) is 0.625. The maximum absolute atomic E-state index is 5.25.